The van der Waals surface area contributed by atoms with E-state index in [1.807, 2.05) is 198 Å². The van der Waals surface area contributed by atoms with E-state index >= 15 is 8.78 Å². The van der Waals surface area contributed by atoms with Crippen molar-refractivity contribution < 1.29 is 8.78 Å². The minimum absolute atomic E-state index is 0.311. The lowest BCUT2D eigenvalue weighted by atomic mass is 9.81. The van der Waals surface area contributed by atoms with E-state index in [1.165, 1.54) is 0 Å². The summed E-state index contributed by atoms with van der Waals surface area (Å²) in [5, 5.41) is 23.3. The van der Waals surface area contributed by atoms with Gasteiger partial charge in [0.2, 0.25) is 0 Å². The maximum absolute atomic E-state index is 17.9. The van der Waals surface area contributed by atoms with Crippen LogP contribution in [0.5, 0.6) is 0 Å². The second-order valence-electron chi connectivity index (χ2n) is 19.3. The number of hydrogen-bond donors (Lipinski definition) is 0. The van der Waals surface area contributed by atoms with Gasteiger partial charge in [-0.2, -0.15) is 10.5 Å². The molecule has 11 aromatic rings. The molecule has 0 N–H and O–H groups in total. The average Bonchev–Trinajstić information content (AvgIpc) is 3.85. The summed E-state index contributed by atoms with van der Waals surface area (Å²) in [5.74, 6) is -0.894. The van der Waals surface area contributed by atoms with Crippen molar-refractivity contribution in [1.29, 1.82) is 10.5 Å². The van der Waals surface area contributed by atoms with Crippen molar-refractivity contribution in [1.82, 2.24) is 0 Å². The van der Waals surface area contributed by atoms with E-state index < -0.39 is 17.0 Å². The summed E-state index contributed by atoms with van der Waals surface area (Å²) in [5.41, 5.74) is 13.4. The van der Waals surface area contributed by atoms with Crippen LogP contribution in [0.1, 0.15) is 36.1 Å². The highest BCUT2D eigenvalue weighted by Gasteiger charge is 2.40. The van der Waals surface area contributed by atoms with Crippen LogP contribution in [-0.2, 0) is 5.41 Å². The van der Waals surface area contributed by atoms with Gasteiger partial charge in [0.15, 0.2) is 0 Å². The zero-order valence-corrected chi connectivity index (χ0v) is 41.1. The minimum Gasteiger partial charge on any atom is -0.306 e. The largest absolute Gasteiger partial charge is 0.306 e. The van der Waals surface area contributed by atoms with Gasteiger partial charge in [-0.25, -0.2) is 8.78 Å². The van der Waals surface area contributed by atoms with Crippen molar-refractivity contribution in [2.45, 2.75) is 19.3 Å². The molecule has 0 radical (unpaired) electrons. The summed E-state index contributed by atoms with van der Waals surface area (Å²) in [6.45, 7) is 4.38. The molecule has 0 saturated carbocycles. The quantitative estimate of drug-likeness (QED) is 0.137. The molecule has 0 bridgehead atoms. The smallest absolute Gasteiger partial charge is 0.148 e. The van der Waals surface area contributed by atoms with Gasteiger partial charge in [-0.05, 0) is 128 Å². The van der Waals surface area contributed by atoms with Gasteiger partial charge in [0.1, 0.15) is 23.8 Å². The Morgan fingerprint density at radius 1 is 0.360 bits per heavy atom. The number of benzene rings is 11. The Hall–Kier alpha value is -9.88. The first-order valence-corrected chi connectivity index (χ1v) is 24.9. The Morgan fingerprint density at radius 3 is 1.29 bits per heavy atom. The predicted octanol–water partition coefficient (Wildman–Crippen LogP) is 18.8. The molecule has 0 amide bonds. The summed E-state index contributed by atoms with van der Waals surface area (Å²) in [4.78, 5) is 3.83. The summed E-state index contributed by atoms with van der Waals surface area (Å²) >= 11 is 0. The average molecular weight is 969 g/mol. The van der Waals surface area contributed by atoms with Crippen molar-refractivity contribution in [3.63, 3.8) is 0 Å². The summed E-state index contributed by atoms with van der Waals surface area (Å²) < 4.78 is 35.6. The molecule has 12 rings (SSSR count). The van der Waals surface area contributed by atoms with Crippen LogP contribution in [0, 0.1) is 34.3 Å². The molecule has 0 aromatic heterocycles. The highest BCUT2D eigenvalue weighted by Crippen LogP contribution is 2.57. The normalized spacial score (nSPS) is 12.1. The van der Waals surface area contributed by atoms with E-state index in [4.69, 9.17) is 0 Å². The third-order valence-electron chi connectivity index (χ3n) is 14.6. The molecule has 6 heteroatoms. The molecule has 0 spiro atoms. The maximum atomic E-state index is 17.9. The zero-order chi connectivity index (χ0) is 51.2. The molecule has 356 valence electrons. The second-order valence-corrected chi connectivity index (χ2v) is 19.3. The number of anilines is 6. The first-order chi connectivity index (χ1) is 36.7. The summed E-state index contributed by atoms with van der Waals surface area (Å²) in [6.07, 6.45) is 0. The first kappa shape index (κ1) is 46.2. The molecule has 0 heterocycles. The standard InChI is InChI=1S/C69H46F2N4/c1-69(2)59-41-53(74(63-33-19-15-29-49(63)43-72)67-57(47-25-11-5-12-26-47)37-51(39-61(67)70)45-21-7-3-8-22-45)35-36-56(59)66-55-32-18-17-31-54(55)65(42-60(66)69)75(64-34-20-16-30-50(64)44-73)68-58(48-27-13-6-14-28-48)38-52(40-62(68)71)46-23-9-4-10-24-46/h3-42H,1-2H3. The maximum Gasteiger partial charge on any atom is 0.148 e. The van der Waals surface area contributed by atoms with Crippen LogP contribution in [0.2, 0.25) is 0 Å². The van der Waals surface area contributed by atoms with Crippen LogP contribution >= 0.6 is 0 Å². The Kier molecular flexibility index (Phi) is 11.7. The Labute approximate surface area is 435 Å². The van der Waals surface area contributed by atoms with Crippen LogP contribution in [0.3, 0.4) is 0 Å². The molecule has 11 aromatic carbocycles. The van der Waals surface area contributed by atoms with E-state index in [0.29, 0.717) is 56.4 Å². The number of para-hydroxylation sites is 2. The van der Waals surface area contributed by atoms with Crippen LogP contribution in [0.4, 0.5) is 42.9 Å². The van der Waals surface area contributed by atoms with E-state index in [2.05, 4.69) is 56.3 Å². The van der Waals surface area contributed by atoms with Gasteiger partial charge in [-0.3, -0.25) is 0 Å². The van der Waals surface area contributed by atoms with Gasteiger partial charge in [-0.1, -0.05) is 190 Å². The second kappa shape index (κ2) is 18.9. The lowest BCUT2D eigenvalue weighted by molar-refractivity contribution is 0.629. The van der Waals surface area contributed by atoms with E-state index in [9.17, 15) is 10.5 Å². The molecule has 4 nitrogen and oxygen atoms in total. The molecule has 0 aliphatic heterocycles. The molecule has 0 unspecified atom stereocenters. The number of fused-ring (bicyclic) bond motifs is 5. The number of hydrogen-bond acceptors (Lipinski definition) is 4. The van der Waals surface area contributed by atoms with Gasteiger partial charge in [0.25, 0.3) is 0 Å². The predicted molar refractivity (Wildman–Crippen MR) is 302 cm³/mol. The SMILES string of the molecule is CC1(C)c2cc(N(c3ccccc3C#N)c3c(F)cc(-c4ccccc4)cc3-c3ccccc3)ccc2-c2c1cc(N(c1ccccc1C#N)c1c(F)cc(-c3ccccc3)cc1-c1ccccc1)c1ccccc21. The van der Waals surface area contributed by atoms with Gasteiger partial charge in [0.05, 0.1) is 39.6 Å². The lowest BCUT2D eigenvalue weighted by Gasteiger charge is -2.32. The van der Waals surface area contributed by atoms with E-state index in [1.54, 1.807) is 24.3 Å². The number of rotatable bonds is 10. The molecule has 1 aliphatic carbocycles. The van der Waals surface area contributed by atoms with Crippen molar-refractivity contribution in [2.24, 2.45) is 0 Å². The highest BCUT2D eigenvalue weighted by molar-refractivity contribution is 6.11. The van der Waals surface area contributed by atoms with Gasteiger partial charge in [0, 0.05) is 27.6 Å². The van der Waals surface area contributed by atoms with Crippen molar-refractivity contribution >= 4 is 44.9 Å². The summed E-state index contributed by atoms with van der Waals surface area (Å²) in [6, 6.07) is 82.6. The zero-order valence-electron chi connectivity index (χ0n) is 41.1. The van der Waals surface area contributed by atoms with Crippen LogP contribution in [-0.4, -0.2) is 0 Å². The topological polar surface area (TPSA) is 54.1 Å². The number of nitrogens with zero attached hydrogens (tertiary/aromatic N) is 4. The summed E-state index contributed by atoms with van der Waals surface area (Å²) in [7, 11) is 0. The van der Waals surface area contributed by atoms with Gasteiger partial charge >= 0.3 is 0 Å². The Bertz CT molecular complexity index is 4080. The van der Waals surface area contributed by atoms with E-state index in [0.717, 1.165) is 66.4 Å². The molecule has 0 atom stereocenters. The molecular weight excluding hydrogens is 923 g/mol. The molecule has 0 saturated heterocycles. The highest BCUT2D eigenvalue weighted by atomic mass is 19.1. The fraction of sp³-hybridized carbons (Fsp3) is 0.0435. The van der Waals surface area contributed by atoms with Crippen LogP contribution in [0.25, 0.3) is 66.4 Å². The van der Waals surface area contributed by atoms with Crippen molar-refractivity contribution in [3.05, 3.63) is 277 Å². The fourth-order valence-corrected chi connectivity index (χ4v) is 11.1. The number of nitriles is 2. The van der Waals surface area contributed by atoms with Crippen LogP contribution < -0.4 is 9.80 Å². The lowest BCUT2D eigenvalue weighted by Crippen LogP contribution is -2.19. The monoisotopic (exact) mass is 968 g/mol. The van der Waals surface area contributed by atoms with Crippen molar-refractivity contribution in [3.8, 4) is 67.8 Å². The third kappa shape index (κ3) is 7.98. The molecular formula is C69H46F2N4. The molecule has 0 fully saturated rings. The molecule has 1 aliphatic rings. The first-order valence-electron chi connectivity index (χ1n) is 24.9. The fourth-order valence-electron chi connectivity index (χ4n) is 11.1. The minimum atomic E-state index is -0.684. The Morgan fingerprint density at radius 2 is 0.787 bits per heavy atom. The number of halogens is 2. The van der Waals surface area contributed by atoms with Crippen molar-refractivity contribution in [2.75, 3.05) is 9.80 Å². The molecule has 75 heavy (non-hydrogen) atoms. The Balaban J connectivity index is 1.10. The van der Waals surface area contributed by atoms with Gasteiger partial charge in [-0.15, -0.1) is 0 Å². The van der Waals surface area contributed by atoms with Gasteiger partial charge < -0.3 is 9.80 Å². The van der Waals surface area contributed by atoms with Crippen LogP contribution in [0.15, 0.2) is 243 Å². The van der Waals surface area contributed by atoms with E-state index in [-0.39, 0.29) is 0 Å². The third-order valence-corrected chi connectivity index (χ3v) is 14.6.